The Bertz CT molecular complexity index is 1550. The summed E-state index contributed by atoms with van der Waals surface area (Å²) in [5.41, 5.74) is 5.61. The van der Waals surface area contributed by atoms with Crippen molar-refractivity contribution in [2.24, 2.45) is 4.99 Å². The van der Waals surface area contributed by atoms with Gasteiger partial charge in [-0.15, -0.1) is 0 Å². The van der Waals surface area contributed by atoms with Gasteiger partial charge in [0.2, 0.25) is 0 Å². The van der Waals surface area contributed by atoms with E-state index < -0.39 is 0 Å². The first-order chi connectivity index (χ1) is 20.1. The van der Waals surface area contributed by atoms with Crippen LogP contribution >= 0.6 is 0 Å². The molecule has 7 nitrogen and oxygen atoms in total. The lowest BCUT2D eigenvalue weighted by molar-refractivity contribution is -0.112. The summed E-state index contributed by atoms with van der Waals surface area (Å²) in [6.45, 7) is 6.07. The number of nitrogens with one attached hydrogen (secondary N) is 1. The van der Waals surface area contributed by atoms with E-state index in [2.05, 4.69) is 39.4 Å². The third kappa shape index (κ3) is 5.76. The molecule has 7 heteroatoms. The van der Waals surface area contributed by atoms with Crippen molar-refractivity contribution in [3.63, 3.8) is 0 Å². The SMILES string of the molecule is C[C@@H](NC(=O)c1ccc(N=C2C(=O)N(CN3CCN(c4ccccc4)CC3)c3ccccc32)cc1)c1ccccc1. The number of hydrogen-bond donors (Lipinski definition) is 1. The smallest absolute Gasteiger partial charge is 0.278 e. The molecule has 1 N–H and O–H groups in total. The molecule has 0 unspecified atom stereocenters. The highest BCUT2D eigenvalue weighted by Crippen LogP contribution is 2.31. The fraction of sp³-hybridized carbons (Fsp3) is 0.206. The van der Waals surface area contributed by atoms with Crippen LogP contribution in [0, 0.1) is 0 Å². The molecule has 2 aliphatic heterocycles. The zero-order chi connectivity index (χ0) is 28.2. The van der Waals surface area contributed by atoms with E-state index in [0.717, 1.165) is 43.0 Å². The highest BCUT2D eigenvalue weighted by atomic mass is 16.2. The Labute approximate surface area is 240 Å². The molecular weight excluding hydrogens is 510 g/mol. The standard InChI is InChI=1S/C34H33N5O2/c1-25(26-10-4-2-5-11-26)35-33(40)27-16-18-28(19-17-27)36-32-30-14-8-9-15-31(30)39(34(32)41)24-37-20-22-38(23-21-37)29-12-6-3-7-13-29/h2-19,25H,20-24H2,1H3,(H,35,40)/t25-/m1/s1. The van der Waals surface area contributed by atoms with Crippen LogP contribution in [-0.2, 0) is 4.79 Å². The van der Waals surface area contributed by atoms with Gasteiger partial charge >= 0.3 is 0 Å². The van der Waals surface area contributed by atoms with Crippen molar-refractivity contribution >= 4 is 34.6 Å². The van der Waals surface area contributed by atoms with Gasteiger partial charge in [0.1, 0.15) is 5.71 Å². The number of fused-ring (bicyclic) bond motifs is 1. The molecule has 2 heterocycles. The first-order valence-electron chi connectivity index (χ1n) is 14.0. The van der Waals surface area contributed by atoms with E-state index in [1.54, 1.807) is 24.3 Å². The fourth-order valence-electron chi connectivity index (χ4n) is 5.42. The molecule has 1 saturated heterocycles. The second-order valence-electron chi connectivity index (χ2n) is 10.4. The summed E-state index contributed by atoms with van der Waals surface area (Å²) < 4.78 is 0. The summed E-state index contributed by atoms with van der Waals surface area (Å²) in [6, 6.07) is 35.1. The normalized spacial score (nSPS) is 17.0. The van der Waals surface area contributed by atoms with Crippen LogP contribution in [0.15, 0.2) is 114 Å². The lowest BCUT2D eigenvalue weighted by Gasteiger charge is -2.37. The maximum atomic E-state index is 13.7. The molecule has 0 aliphatic carbocycles. The van der Waals surface area contributed by atoms with Crippen molar-refractivity contribution in [3.05, 3.63) is 126 Å². The van der Waals surface area contributed by atoms with Gasteiger partial charge < -0.3 is 10.2 Å². The van der Waals surface area contributed by atoms with Crippen molar-refractivity contribution in [2.75, 3.05) is 42.6 Å². The first kappa shape index (κ1) is 26.5. The van der Waals surface area contributed by atoms with Crippen molar-refractivity contribution in [3.8, 4) is 0 Å². The first-order valence-corrected chi connectivity index (χ1v) is 14.0. The molecule has 0 radical (unpaired) electrons. The molecule has 0 spiro atoms. The average molecular weight is 544 g/mol. The van der Waals surface area contributed by atoms with Gasteiger partial charge in [-0.2, -0.15) is 0 Å². The number of nitrogens with zero attached hydrogens (tertiary/aromatic N) is 4. The van der Waals surface area contributed by atoms with E-state index in [1.807, 2.05) is 72.5 Å². The zero-order valence-electron chi connectivity index (χ0n) is 23.1. The molecule has 0 bridgehead atoms. The highest BCUT2D eigenvalue weighted by Gasteiger charge is 2.35. The Hall–Kier alpha value is -4.75. The average Bonchev–Trinajstić information content (AvgIpc) is 3.28. The van der Waals surface area contributed by atoms with Crippen LogP contribution < -0.4 is 15.1 Å². The van der Waals surface area contributed by atoms with Crippen LogP contribution in [0.4, 0.5) is 17.1 Å². The van der Waals surface area contributed by atoms with E-state index >= 15 is 0 Å². The molecule has 4 aromatic carbocycles. The third-order valence-electron chi connectivity index (χ3n) is 7.75. The van der Waals surface area contributed by atoms with E-state index in [-0.39, 0.29) is 17.9 Å². The quantitative estimate of drug-likeness (QED) is 0.338. The molecule has 41 heavy (non-hydrogen) atoms. The van der Waals surface area contributed by atoms with Gasteiger partial charge in [-0.3, -0.25) is 19.4 Å². The number of hydrogen-bond acceptors (Lipinski definition) is 5. The predicted molar refractivity (Wildman–Crippen MR) is 164 cm³/mol. The summed E-state index contributed by atoms with van der Waals surface area (Å²) in [4.78, 5) is 37.8. The number of para-hydroxylation sites is 2. The number of anilines is 2. The largest absolute Gasteiger partial charge is 0.369 e. The second-order valence-corrected chi connectivity index (χ2v) is 10.4. The van der Waals surface area contributed by atoms with Gasteiger partial charge in [-0.05, 0) is 55.0 Å². The van der Waals surface area contributed by atoms with Crippen molar-refractivity contribution in [2.45, 2.75) is 13.0 Å². The van der Waals surface area contributed by atoms with Gasteiger partial charge in [0.15, 0.2) is 0 Å². The van der Waals surface area contributed by atoms with Crippen LogP contribution in [0.1, 0.15) is 34.5 Å². The lowest BCUT2D eigenvalue weighted by atomic mass is 10.1. The zero-order valence-corrected chi connectivity index (χ0v) is 23.1. The predicted octanol–water partition coefficient (Wildman–Crippen LogP) is 5.42. The number of piperazine rings is 1. The van der Waals surface area contributed by atoms with Gasteiger partial charge in [-0.1, -0.05) is 66.7 Å². The van der Waals surface area contributed by atoms with Crippen molar-refractivity contribution in [1.29, 1.82) is 0 Å². The Balaban J connectivity index is 1.13. The number of rotatable bonds is 7. The van der Waals surface area contributed by atoms with Gasteiger partial charge in [0, 0.05) is 43.0 Å². The molecule has 6 rings (SSSR count). The van der Waals surface area contributed by atoms with Crippen molar-refractivity contribution < 1.29 is 9.59 Å². The van der Waals surface area contributed by atoms with Crippen LogP contribution in [0.5, 0.6) is 0 Å². The molecular formula is C34H33N5O2. The summed E-state index contributed by atoms with van der Waals surface area (Å²) in [5.74, 6) is -0.253. The molecule has 0 aromatic heterocycles. The van der Waals surface area contributed by atoms with Crippen LogP contribution in [0.25, 0.3) is 0 Å². The molecule has 0 saturated carbocycles. The van der Waals surface area contributed by atoms with Crippen LogP contribution in [0.3, 0.4) is 0 Å². The number of carbonyl (C=O) groups is 2. The minimum Gasteiger partial charge on any atom is -0.369 e. The maximum absolute atomic E-state index is 13.7. The number of benzene rings is 4. The minimum absolute atomic E-state index is 0.102. The minimum atomic E-state index is -0.151. The number of amides is 2. The molecule has 2 aliphatic rings. The molecule has 1 atom stereocenters. The van der Waals surface area contributed by atoms with E-state index in [1.165, 1.54) is 5.69 Å². The Morgan fingerprint density at radius 1 is 0.805 bits per heavy atom. The lowest BCUT2D eigenvalue weighted by Crippen LogP contribution is -2.51. The number of aliphatic imine (C=N–C) groups is 1. The topological polar surface area (TPSA) is 68.2 Å². The summed E-state index contributed by atoms with van der Waals surface area (Å²) in [5, 5.41) is 3.04. The Morgan fingerprint density at radius 3 is 2.15 bits per heavy atom. The Morgan fingerprint density at radius 2 is 1.44 bits per heavy atom. The molecule has 206 valence electrons. The van der Waals surface area contributed by atoms with Crippen molar-refractivity contribution in [1.82, 2.24) is 10.2 Å². The molecule has 2 amide bonds. The second kappa shape index (κ2) is 11.8. The monoisotopic (exact) mass is 543 g/mol. The number of carbonyl (C=O) groups excluding carboxylic acids is 2. The Kier molecular flexibility index (Phi) is 7.60. The van der Waals surface area contributed by atoms with Gasteiger partial charge in [0.25, 0.3) is 11.8 Å². The van der Waals surface area contributed by atoms with Crippen LogP contribution in [-0.4, -0.2) is 55.3 Å². The van der Waals surface area contributed by atoms with Gasteiger partial charge in [0.05, 0.1) is 24.1 Å². The van der Waals surface area contributed by atoms with E-state index in [4.69, 9.17) is 4.99 Å². The van der Waals surface area contributed by atoms with Gasteiger partial charge in [-0.25, -0.2) is 4.99 Å². The summed E-state index contributed by atoms with van der Waals surface area (Å²) in [7, 11) is 0. The fourth-order valence-corrected chi connectivity index (χ4v) is 5.42. The highest BCUT2D eigenvalue weighted by molar-refractivity contribution is 6.54. The van der Waals surface area contributed by atoms with E-state index in [9.17, 15) is 9.59 Å². The van der Waals surface area contributed by atoms with Crippen LogP contribution in [0.2, 0.25) is 0 Å². The molecule has 4 aromatic rings. The maximum Gasteiger partial charge on any atom is 0.278 e. The third-order valence-corrected chi connectivity index (χ3v) is 7.75. The van der Waals surface area contributed by atoms with E-state index in [0.29, 0.717) is 23.6 Å². The summed E-state index contributed by atoms with van der Waals surface area (Å²) >= 11 is 0. The molecule has 1 fully saturated rings. The summed E-state index contributed by atoms with van der Waals surface area (Å²) in [6.07, 6.45) is 0.